The third-order valence-electron chi connectivity index (χ3n) is 5.93. The van der Waals surface area contributed by atoms with Crippen molar-refractivity contribution in [3.8, 4) is 0 Å². The highest BCUT2D eigenvalue weighted by Crippen LogP contribution is 2.50. The number of nitrogens with one attached hydrogen (secondary N) is 1. The number of hydrogen-bond donors (Lipinski definition) is 1. The van der Waals surface area contributed by atoms with Crippen molar-refractivity contribution < 1.29 is 8.42 Å². The molecule has 0 aliphatic heterocycles. The quantitative estimate of drug-likeness (QED) is 0.862. The van der Waals surface area contributed by atoms with Crippen molar-refractivity contribution in [3.05, 3.63) is 71.3 Å². The lowest BCUT2D eigenvalue weighted by molar-refractivity contribution is 0.328. The van der Waals surface area contributed by atoms with E-state index in [1.165, 1.54) is 16.7 Å². The molecule has 2 aromatic carbocycles. The summed E-state index contributed by atoms with van der Waals surface area (Å²) in [5.74, 6) is 0.717. The number of aryl methyl sites for hydroxylation is 1. The van der Waals surface area contributed by atoms with Crippen LogP contribution in [-0.4, -0.2) is 14.5 Å². The van der Waals surface area contributed by atoms with E-state index in [2.05, 4.69) is 35.9 Å². The first-order chi connectivity index (χ1) is 12.5. The normalized spacial score (nSPS) is 25.5. The highest BCUT2D eigenvalue weighted by Gasteiger charge is 2.44. The minimum absolute atomic E-state index is 0.0831. The van der Waals surface area contributed by atoms with Gasteiger partial charge in [0.15, 0.2) is 0 Å². The van der Waals surface area contributed by atoms with Crippen LogP contribution in [0.25, 0.3) is 5.57 Å². The minimum atomic E-state index is -3.52. The van der Waals surface area contributed by atoms with Crippen LogP contribution in [0.1, 0.15) is 37.3 Å². The fraction of sp³-hybridized carbons (Fsp3) is 0.364. The molecule has 3 nitrogen and oxygen atoms in total. The van der Waals surface area contributed by atoms with Gasteiger partial charge in [-0.2, -0.15) is 0 Å². The number of fused-ring (bicyclic) bond motifs is 2. The van der Waals surface area contributed by atoms with Crippen molar-refractivity contribution >= 4 is 15.6 Å². The summed E-state index contributed by atoms with van der Waals surface area (Å²) in [5.41, 5.74) is 4.93. The van der Waals surface area contributed by atoms with Gasteiger partial charge in [-0.25, -0.2) is 13.1 Å². The summed E-state index contributed by atoms with van der Waals surface area (Å²) in [5, 5.41) is 0. The van der Waals surface area contributed by atoms with E-state index in [9.17, 15) is 8.42 Å². The van der Waals surface area contributed by atoms with Gasteiger partial charge in [0.25, 0.3) is 0 Å². The summed E-state index contributed by atoms with van der Waals surface area (Å²) in [6.45, 7) is 4.21. The summed E-state index contributed by atoms with van der Waals surface area (Å²) in [6, 6.07) is 17.4. The highest BCUT2D eigenvalue weighted by atomic mass is 32.2. The Bertz CT molecular complexity index is 930. The third kappa shape index (κ3) is 3.01. The van der Waals surface area contributed by atoms with Crippen molar-refractivity contribution in [2.24, 2.45) is 11.8 Å². The third-order valence-corrected chi connectivity index (χ3v) is 7.39. The Hall–Kier alpha value is -1.91. The lowest BCUT2D eigenvalue weighted by atomic mass is 9.83. The largest absolute Gasteiger partial charge is 0.241 e. The smallest absolute Gasteiger partial charge is 0.207 e. The Morgan fingerprint density at radius 1 is 1.00 bits per heavy atom. The average Bonchev–Trinajstić information content (AvgIpc) is 2.77. The van der Waals surface area contributed by atoms with E-state index in [1.807, 2.05) is 25.1 Å². The van der Waals surface area contributed by atoms with Crippen LogP contribution in [0, 0.1) is 18.8 Å². The Morgan fingerprint density at radius 3 is 2.38 bits per heavy atom. The van der Waals surface area contributed by atoms with Gasteiger partial charge >= 0.3 is 0 Å². The lowest BCUT2D eigenvalue weighted by Crippen LogP contribution is -2.42. The molecule has 136 valence electrons. The molecule has 1 N–H and O–H groups in total. The zero-order valence-electron chi connectivity index (χ0n) is 15.3. The Labute approximate surface area is 156 Å². The second kappa shape index (κ2) is 6.67. The van der Waals surface area contributed by atoms with E-state index in [0.29, 0.717) is 16.7 Å². The molecule has 1 saturated carbocycles. The van der Waals surface area contributed by atoms with Crippen molar-refractivity contribution in [1.82, 2.24) is 4.72 Å². The molecule has 2 aliphatic carbocycles. The highest BCUT2D eigenvalue weighted by molar-refractivity contribution is 7.89. The van der Waals surface area contributed by atoms with Crippen molar-refractivity contribution in [2.75, 3.05) is 0 Å². The lowest BCUT2D eigenvalue weighted by Gasteiger charge is -2.30. The molecule has 3 atom stereocenters. The van der Waals surface area contributed by atoms with Crippen LogP contribution < -0.4 is 4.72 Å². The van der Waals surface area contributed by atoms with Gasteiger partial charge in [-0.05, 0) is 66.9 Å². The molecule has 26 heavy (non-hydrogen) atoms. The zero-order chi connectivity index (χ0) is 18.3. The summed E-state index contributed by atoms with van der Waals surface area (Å²) < 4.78 is 28.9. The van der Waals surface area contributed by atoms with Gasteiger partial charge in [0.1, 0.15) is 0 Å². The fourth-order valence-electron chi connectivity index (χ4n) is 4.63. The minimum Gasteiger partial charge on any atom is -0.207 e. The number of sulfonamides is 1. The molecule has 0 heterocycles. The SMILES string of the molecule is Cc1ccc(S(=O)(=O)NC2C3=C(c4ccccc4)C(C)C2CCC3)cc1. The molecule has 4 heteroatoms. The molecule has 2 aromatic rings. The predicted molar refractivity (Wildman–Crippen MR) is 105 cm³/mol. The van der Waals surface area contributed by atoms with Gasteiger partial charge in [0, 0.05) is 6.04 Å². The van der Waals surface area contributed by atoms with Gasteiger partial charge in [-0.1, -0.05) is 55.0 Å². The topological polar surface area (TPSA) is 46.2 Å². The number of hydrogen-bond acceptors (Lipinski definition) is 2. The van der Waals surface area contributed by atoms with Gasteiger partial charge < -0.3 is 0 Å². The van der Waals surface area contributed by atoms with Crippen LogP contribution >= 0.6 is 0 Å². The Kier molecular flexibility index (Phi) is 4.49. The maximum atomic E-state index is 12.9. The maximum absolute atomic E-state index is 12.9. The average molecular weight is 368 g/mol. The molecular weight excluding hydrogens is 342 g/mol. The molecule has 0 aromatic heterocycles. The Balaban J connectivity index is 1.70. The van der Waals surface area contributed by atoms with E-state index < -0.39 is 10.0 Å². The predicted octanol–water partition coefficient (Wildman–Crippen LogP) is 4.55. The van der Waals surface area contributed by atoms with E-state index in [1.54, 1.807) is 12.1 Å². The van der Waals surface area contributed by atoms with Gasteiger partial charge in [0.2, 0.25) is 10.0 Å². The van der Waals surface area contributed by atoms with Crippen LogP contribution in [0.4, 0.5) is 0 Å². The van der Waals surface area contributed by atoms with Crippen molar-refractivity contribution in [2.45, 2.75) is 44.0 Å². The van der Waals surface area contributed by atoms with Crippen LogP contribution in [0.5, 0.6) is 0 Å². The van der Waals surface area contributed by atoms with Crippen LogP contribution in [0.15, 0.2) is 65.1 Å². The summed E-state index contributed by atoms with van der Waals surface area (Å²) >= 11 is 0. The second-order valence-corrected chi connectivity index (χ2v) is 9.28. The zero-order valence-corrected chi connectivity index (χ0v) is 16.1. The summed E-state index contributed by atoms with van der Waals surface area (Å²) in [6.07, 6.45) is 3.19. The molecule has 0 saturated heterocycles. The van der Waals surface area contributed by atoms with Crippen LogP contribution in [0.3, 0.4) is 0 Å². The maximum Gasteiger partial charge on any atom is 0.241 e. The molecular formula is C22H25NO2S. The summed E-state index contributed by atoms with van der Waals surface area (Å²) in [4.78, 5) is 0.350. The first kappa shape index (κ1) is 17.5. The van der Waals surface area contributed by atoms with Crippen molar-refractivity contribution in [3.63, 3.8) is 0 Å². The molecule has 1 fully saturated rings. The molecule has 0 spiro atoms. The molecule has 2 bridgehead atoms. The molecule has 0 amide bonds. The van der Waals surface area contributed by atoms with E-state index in [4.69, 9.17) is 0 Å². The first-order valence-corrected chi connectivity index (χ1v) is 10.8. The van der Waals surface area contributed by atoms with Crippen molar-refractivity contribution in [1.29, 1.82) is 0 Å². The molecule has 4 rings (SSSR count). The van der Waals surface area contributed by atoms with E-state index in [0.717, 1.165) is 24.8 Å². The number of benzene rings is 2. The Morgan fingerprint density at radius 2 is 1.69 bits per heavy atom. The molecule has 0 radical (unpaired) electrons. The number of rotatable bonds is 4. The van der Waals surface area contributed by atoms with Crippen LogP contribution in [-0.2, 0) is 10.0 Å². The summed E-state index contributed by atoms with van der Waals surface area (Å²) in [7, 11) is -3.52. The van der Waals surface area contributed by atoms with Gasteiger partial charge in [-0.15, -0.1) is 0 Å². The molecule has 2 aliphatic rings. The number of allylic oxidation sites excluding steroid dienone is 1. The second-order valence-electron chi connectivity index (χ2n) is 7.56. The van der Waals surface area contributed by atoms with Gasteiger partial charge in [0.05, 0.1) is 4.90 Å². The fourth-order valence-corrected chi connectivity index (χ4v) is 5.92. The van der Waals surface area contributed by atoms with E-state index >= 15 is 0 Å². The van der Waals surface area contributed by atoms with E-state index in [-0.39, 0.29) is 6.04 Å². The van der Waals surface area contributed by atoms with Crippen LogP contribution in [0.2, 0.25) is 0 Å². The molecule has 3 unspecified atom stereocenters. The first-order valence-electron chi connectivity index (χ1n) is 9.35. The monoisotopic (exact) mass is 367 g/mol. The van der Waals surface area contributed by atoms with Gasteiger partial charge in [-0.3, -0.25) is 0 Å². The standard InChI is InChI=1S/C22H25NO2S/c1-15-11-13-18(14-12-15)26(24,25)23-22-19-9-6-10-20(22)21(16(19)2)17-7-4-3-5-8-17/h3-5,7-8,11-14,16,19,22-23H,6,9-10H2,1-2H3.